The zero-order valence-electron chi connectivity index (χ0n) is 31.4. The van der Waals surface area contributed by atoms with E-state index in [9.17, 15) is 37.5 Å². The van der Waals surface area contributed by atoms with Gasteiger partial charge in [-0.3, -0.25) is 15.0 Å². The van der Waals surface area contributed by atoms with Crippen LogP contribution < -0.4 is 16.0 Å². The van der Waals surface area contributed by atoms with Gasteiger partial charge in [-0.15, -0.1) is 0 Å². The van der Waals surface area contributed by atoms with Crippen LogP contribution in [0.1, 0.15) is 97.4 Å². The van der Waals surface area contributed by atoms with Crippen molar-refractivity contribution >= 4 is 35.7 Å². The van der Waals surface area contributed by atoms with Gasteiger partial charge in [0.05, 0.1) is 17.4 Å². The Labute approximate surface area is 312 Å². The van der Waals surface area contributed by atoms with Crippen LogP contribution in [-0.2, 0) is 25.6 Å². The fraction of sp³-hybridized carbons (Fsp3) is 0.605. The summed E-state index contributed by atoms with van der Waals surface area (Å²) in [7, 11) is 0. The average Bonchev–Trinajstić information content (AvgIpc) is 3.99. The molecule has 1 aromatic heterocycles. The lowest BCUT2D eigenvalue weighted by Gasteiger charge is -2.44. The molecule has 3 atom stereocenters. The summed E-state index contributed by atoms with van der Waals surface area (Å²) in [6.45, 7) is 9.22. The minimum absolute atomic E-state index is 0.0358. The van der Waals surface area contributed by atoms with Crippen LogP contribution in [0.25, 0.3) is 0 Å². The van der Waals surface area contributed by atoms with Gasteiger partial charge in [-0.1, -0.05) is 30.3 Å². The molecule has 4 amide bonds. The fourth-order valence-electron chi connectivity index (χ4n) is 6.64. The number of piperidine rings is 1. The maximum atomic E-state index is 14.3. The number of hydrogen-bond acceptors (Lipinski definition) is 9. The predicted molar refractivity (Wildman–Crippen MR) is 191 cm³/mol. The van der Waals surface area contributed by atoms with Crippen LogP contribution in [0.5, 0.6) is 0 Å². The lowest BCUT2D eigenvalue weighted by molar-refractivity contribution is -0.277. The van der Waals surface area contributed by atoms with E-state index >= 15 is 0 Å². The fourth-order valence-corrected chi connectivity index (χ4v) is 6.64. The molecule has 2 aliphatic carbocycles. The topological polar surface area (TPSA) is 168 Å². The Morgan fingerprint density at radius 3 is 2.06 bits per heavy atom. The zero-order chi connectivity index (χ0) is 39.6. The van der Waals surface area contributed by atoms with Crippen molar-refractivity contribution in [3.8, 4) is 0 Å². The predicted octanol–water partition coefficient (Wildman–Crippen LogP) is 7.46. The van der Waals surface area contributed by atoms with Crippen LogP contribution in [0.15, 0.2) is 42.5 Å². The third kappa shape index (κ3) is 10.8. The Morgan fingerprint density at radius 2 is 1.50 bits per heavy atom. The summed E-state index contributed by atoms with van der Waals surface area (Å²) in [6, 6.07) is 9.07. The highest BCUT2D eigenvalue weighted by Gasteiger charge is 2.58. The first-order valence-electron chi connectivity index (χ1n) is 18.2. The standard InChI is InChI=1S/C38H50F3N5O8/c1-35(2,3)53-33(49)43-26-17-16-25(27-20-37(51,38(39,40)41)18-19-46(27)34(50)54-36(4,5)6)42-30(26)45-31(47)29(28(23-12-13-23)24-14-15-24)44-32(48)52-21-22-10-8-7-9-11-22/h7-11,16-17,23-24,27-29,51H,12-15,18-21H2,1-6H3,(H,43,49)(H,44,48)(H,42,45,47). The number of benzene rings is 1. The lowest BCUT2D eigenvalue weighted by Crippen LogP contribution is -2.56. The molecule has 2 aromatic rings. The molecule has 3 fully saturated rings. The van der Waals surface area contributed by atoms with Crippen molar-refractivity contribution < 1.29 is 51.7 Å². The summed E-state index contributed by atoms with van der Waals surface area (Å²) in [5.41, 5.74) is -4.50. The summed E-state index contributed by atoms with van der Waals surface area (Å²) in [5.74, 6) is -0.852. The average molecular weight is 762 g/mol. The number of alkyl carbamates (subject to hydrolysis) is 1. The van der Waals surface area contributed by atoms with Gasteiger partial charge in [0.15, 0.2) is 11.4 Å². The first kappa shape index (κ1) is 40.6. The quantitative estimate of drug-likeness (QED) is 0.180. The van der Waals surface area contributed by atoms with Crippen molar-refractivity contribution in [1.82, 2.24) is 15.2 Å². The molecular formula is C38H50F3N5O8. The first-order valence-corrected chi connectivity index (χ1v) is 18.2. The number of likely N-dealkylation sites (tertiary alicyclic amines) is 1. The summed E-state index contributed by atoms with van der Waals surface area (Å²) in [5, 5.41) is 18.8. The number of ether oxygens (including phenoxy) is 3. The van der Waals surface area contributed by atoms with Gasteiger partial charge in [0, 0.05) is 19.4 Å². The molecule has 296 valence electrons. The third-order valence-electron chi connectivity index (χ3n) is 9.45. The number of carbonyl (C=O) groups excluding carboxylic acids is 4. The summed E-state index contributed by atoms with van der Waals surface area (Å²) < 4.78 is 59.0. The van der Waals surface area contributed by atoms with Crippen molar-refractivity contribution in [3.05, 3.63) is 53.7 Å². The number of rotatable bonds is 10. The molecule has 3 unspecified atom stereocenters. The molecule has 16 heteroatoms. The van der Waals surface area contributed by atoms with Crippen LogP contribution in [-0.4, -0.2) is 74.7 Å². The number of amides is 4. The van der Waals surface area contributed by atoms with Gasteiger partial charge in [-0.2, -0.15) is 13.2 Å². The highest BCUT2D eigenvalue weighted by molar-refractivity contribution is 6.00. The van der Waals surface area contributed by atoms with E-state index in [1.807, 2.05) is 6.07 Å². The Morgan fingerprint density at radius 1 is 0.889 bits per heavy atom. The minimum atomic E-state index is -5.03. The Hall–Kier alpha value is -4.60. The maximum Gasteiger partial charge on any atom is 0.417 e. The molecule has 4 N–H and O–H groups in total. The second-order valence-corrected chi connectivity index (χ2v) is 16.4. The number of aliphatic hydroxyl groups is 1. The monoisotopic (exact) mass is 761 g/mol. The molecule has 5 rings (SSSR count). The van der Waals surface area contributed by atoms with E-state index in [2.05, 4.69) is 20.9 Å². The van der Waals surface area contributed by atoms with Crippen LogP contribution in [0, 0.1) is 17.8 Å². The molecule has 54 heavy (non-hydrogen) atoms. The molecule has 0 bridgehead atoms. The van der Waals surface area contributed by atoms with Gasteiger partial charge in [-0.25, -0.2) is 19.4 Å². The van der Waals surface area contributed by atoms with Crippen molar-refractivity contribution in [1.29, 1.82) is 0 Å². The minimum Gasteiger partial charge on any atom is -0.445 e. The highest BCUT2D eigenvalue weighted by atomic mass is 19.4. The highest BCUT2D eigenvalue weighted by Crippen LogP contribution is 2.51. The van der Waals surface area contributed by atoms with Gasteiger partial charge < -0.3 is 30.0 Å². The number of anilines is 2. The molecule has 1 aliphatic heterocycles. The number of nitrogens with zero attached hydrogens (tertiary/aromatic N) is 2. The molecule has 0 radical (unpaired) electrons. The summed E-state index contributed by atoms with van der Waals surface area (Å²) >= 11 is 0. The Balaban J connectivity index is 1.49. The molecule has 0 spiro atoms. The van der Waals surface area contributed by atoms with Crippen molar-refractivity contribution in [2.75, 3.05) is 17.2 Å². The maximum absolute atomic E-state index is 14.3. The molecule has 2 saturated carbocycles. The number of nitrogens with one attached hydrogen (secondary N) is 3. The molecule has 2 heterocycles. The van der Waals surface area contributed by atoms with Crippen LogP contribution in [0.3, 0.4) is 0 Å². The van der Waals surface area contributed by atoms with Crippen molar-refractivity contribution in [2.24, 2.45) is 17.8 Å². The van der Waals surface area contributed by atoms with Gasteiger partial charge in [0.1, 0.15) is 23.9 Å². The number of carbonyl (C=O) groups is 4. The van der Waals surface area contributed by atoms with E-state index in [1.54, 1.807) is 65.8 Å². The van der Waals surface area contributed by atoms with Gasteiger partial charge >= 0.3 is 24.5 Å². The van der Waals surface area contributed by atoms with Crippen molar-refractivity contribution in [3.63, 3.8) is 0 Å². The second-order valence-electron chi connectivity index (χ2n) is 16.4. The Bertz CT molecular complexity index is 1680. The third-order valence-corrected chi connectivity index (χ3v) is 9.45. The smallest absolute Gasteiger partial charge is 0.417 e. The molecule has 13 nitrogen and oxygen atoms in total. The number of halogens is 3. The molecular weight excluding hydrogens is 711 g/mol. The number of aromatic nitrogens is 1. The molecule has 1 saturated heterocycles. The molecule has 1 aromatic carbocycles. The van der Waals surface area contributed by atoms with E-state index < -0.39 is 78.6 Å². The SMILES string of the molecule is CC(C)(C)OC(=O)Nc1ccc(C2CC(O)(C(F)(F)F)CCN2C(=O)OC(C)(C)C)nc1NC(=O)C(NC(=O)OCc1ccccc1)C(C1CC1)C1CC1. The first-order chi connectivity index (χ1) is 25.1. The van der Waals surface area contributed by atoms with E-state index in [4.69, 9.17) is 14.2 Å². The lowest BCUT2D eigenvalue weighted by atomic mass is 9.84. The number of hydrogen-bond donors (Lipinski definition) is 4. The van der Waals surface area contributed by atoms with Crippen molar-refractivity contribution in [2.45, 2.75) is 122 Å². The second kappa shape index (κ2) is 15.6. The van der Waals surface area contributed by atoms with E-state index in [-0.39, 0.29) is 41.6 Å². The number of alkyl halides is 3. The van der Waals surface area contributed by atoms with Gasteiger partial charge in [-0.05, 0) is 103 Å². The Kier molecular flexibility index (Phi) is 11.7. The van der Waals surface area contributed by atoms with Gasteiger partial charge in [0.25, 0.3) is 0 Å². The zero-order valence-corrected chi connectivity index (χ0v) is 31.4. The normalized spacial score (nSPS) is 21.2. The van der Waals surface area contributed by atoms with E-state index in [1.165, 1.54) is 12.1 Å². The summed E-state index contributed by atoms with van der Waals surface area (Å²) in [6.07, 6.45) is -5.97. The van der Waals surface area contributed by atoms with Gasteiger partial charge in [0.2, 0.25) is 5.91 Å². The van der Waals surface area contributed by atoms with E-state index in [0.29, 0.717) is 0 Å². The van der Waals surface area contributed by atoms with Crippen LogP contribution in [0.4, 0.5) is 39.1 Å². The molecule has 3 aliphatic rings. The number of pyridine rings is 1. The summed E-state index contributed by atoms with van der Waals surface area (Å²) in [4.78, 5) is 59.3. The van der Waals surface area contributed by atoms with Crippen LogP contribution in [0.2, 0.25) is 0 Å². The van der Waals surface area contributed by atoms with E-state index in [0.717, 1.165) is 36.1 Å². The largest absolute Gasteiger partial charge is 0.445 e. The van der Waals surface area contributed by atoms with Crippen LogP contribution >= 0.6 is 0 Å².